The Bertz CT molecular complexity index is 197. The van der Waals surface area contributed by atoms with Crippen molar-refractivity contribution >= 4 is 5.91 Å². The fourth-order valence-electron chi connectivity index (χ4n) is 2.08. The molecule has 4 nitrogen and oxygen atoms in total. The molecular weight excluding hydrogens is 192 g/mol. The maximum Gasteiger partial charge on any atom is 0.220 e. The topological polar surface area (TPSA) is 50.4 Å². The number of carbonyl (C=O) groups is 1. The van der Waals surface area contributed by atoms with Gasteiger partial charge in [-0.2, -0.15) is 0 Å². The number of rotatable bonds is 6. The summed E-state index contributed by atoms with van der Waals surface area (Å²) in [4.78, 5) is 11.5. The summed E-state index contributed by atoms with van der Waals surface area (Å²) < 4.78 is 5.32. The van der Waals surface area contributed by atoms with Crippen LogP contribution in [-0.2, 0) is 9.53 Å². The van der Waals surface area contributed by atoms with E-state index in [0.29, 0.717) is 6.42 Å². The van der Waals surface area contributed by atoms with Crippen LogP contribution in [0.25, 0.3) is 0 Å². The van der Waals surface area contributed by atoms with Gasteiger partial charge in [0.15, 0.2) is 0 Å². The van der Waals surface area contributed by atoms with Gasteiger partial charge in [-0.05, 0) is 39.3 Å². The van der Waals surface area contributed by atoms with Crippen molar-refractivity contribution in [2.24, 2.45) is 0 Å². The molecule has 1 aliphatic carbocycles. The van der Waals surface area contributed by atoms with Gasteiger partial charge in [0.05, 0.1) is 12.1 Å². The van der Waals surface area contributed by atoms with E-state index < -0.39 is 0 Å². The van der Waals surface area contributed by atoms with Crippen molar-refractivity contribution in [2.45, 2.75) is 44.2 Å². The van der Waals surface area contributed by atoms with Crippen LogP contribution in [0, 0.1) is 0 Å². The maximum atomic E-state index is 11.5. The molecule has 1 rings (SSSR count). The lowest BCUT2D eigenvalue weighted by atomic mass is 10.2. The van der Waals surface area contributed by atoms with Gasteiger partial charge >= 0.3 is 0 Å². The highest BCUT2D eigenvalue weighted by atomic mass is 16.5. The molecule has 2 N–H and O–H groups in total. The largest absolute Gasteiger partial charge is 0.379 e. The minimum atomic E-state index is 0.152. The van der Waals surface area contributed by atoms with Gasteiger partial charge in [0, 0.05) is 13.5 Å². The first kappa shape index (κ1) is 12.5. The van der Waals surface area contributed by atoms with Gasteiger partial charge in [0.25, 0.3) is 0 Å². The molecule has 1 saturated carbocycles. The number of nitrogens with one attached hydrogen (secondary N) is 2. The number of methoxy groups -OCH3 is 1. The fourth-order valence-corrected chi connectivity index (χ4v) is 2.08. The van der Waals surface area contributed by atoms with Gasteiger partial charge in [-0.25, -0.2) is 0 Å². The molecule has 0 radical (unpaired) electrons. The SMILES string of the molecule is CNCCCC(=O)NC1CCCC1OC. The molecule has 0 aromatic rings. The van der Waals surface area contributed by atoms with E-state index in [1.165, 1.54) is 0 Å². The number of ether oxygens (including phenoxy) is 1. The van der Waals surface area contributed by atoms with Crippen LogP contribution in [0.4, 0.5) is 0 Å². The summed E-state index contributed by atoms with van der Waals surface area (Å²) >= 11 is 0. The summed E-state index contributed by atoms with van der Waals surface area (Å²) in [7, 11) is 3.62. The van der Waals surface area contributed by atoms with E-state index in [-0.39, 0.29) is 18.1 Å². The van der Waals surface area contributed by atoms with E-state index in [9.17, 15) is 4.79 Å². The molecule has 0 bridgehead atoms. The summed E-state index contributed by atoms with van der Waals surface area (Å²) in [6.07, 6.45) is 4.99. The van der Waals surface area contributed by atoms with Gasteiger partial charge < -0.3 is 15.4 Å². The van der Waals surface area contributed by atoms with Crippen LogP contribution in [0.3, 0.4) is 0 Å². The Hall–Kier alpha value is -0.610. The zero-order valence-corrected chi connectivity index (χ0v) is 9.71. The quantitative estimate of drug-likeness (QED) is 0.639. The molecule has 1 fully saturated rings. The monoisotopic (exact) mass is 214 g/mol. The maximum absolute atomic E-state index is 11.5. The van der Waals surface area contributed by atoms with E-state index in [1.807, 2.05) is 7.05 Å². The molecule has 0 saturated heterocycles. The summed E-state index contributed by atoms with van der Waals surface area (Å²) in [6, 6.07) is 0.233. The third-order valence-electron chi connectivity index (χ3n) is 2.93. The van der Waals surface area contributed by atoms with Crippen LogP contribution in [0.2, 0.25) is 0 Å². The molecule has 0 aliphatic heterocycles. The Morgan fingerprint density at radius 3 is 2.93 bits per heavy atom. The molecule has 88 valence electrons. The highest BCUT2D eigenvalue weighted by molar-refractivity contribution is 5.76. The fraction of sp³-hybridized carbons (Fsp3) is 0.909. The lowest BCUT2D eigenvalue weighted by Crippen LogP contribution is -2.40. The second-order valence-electron chi connectivity index (χ2n) is 4.09. The van der Waals surface area contributed by atoms with Crippen molar-refractivity contribution in [1.82, 2.24) is 10.6 Å². The first-order valence-corrected chi connectivity index (χ1v) is 5.74. The van der Waals surface area contributed by atoms with Crippen LogP contribution in [0.1, 0.15) is 32.1 Å². The van der Waals surface area contributed by atoms with Gasteiger partial charge in [-0.1, -0.05) is 0 Å². The second-order valence-corrected chi connectivity index (χ2v) is 4.09. The van der Waals surface area contributed by atoms with Crippen molar-refractivity contribution in [1.29, 1.82) is 0 Å². The Labute approximate surface area is 91.8 Å². The lowest BCUT2D eigenvalue weighted by molar-refractivity contribution is -0.122. The van der Waals surface area contributed by atoms with Crippen LogP contribution in [0.15, 0.2) is 0 Å². The zero-order chi connectivity index (χ0) is 11.1. The predicted molar refractivity (Wildman–Crippen MR) is 59.7 cm³/mol. The van der Waals surface area contributed by atoms with Crippen LogP contribution >= 0.6 is 0 Å². The number of carbonyl (C=O) groups excluding carboxylic acids is 1. The normalized spacial score (nSPS) is 25.5. The van der Waals surface area contributed by atoms with E-state index in [4.69, 9.17) is 4.74 Å². The van der Waals surface area contributed by atoms with Gasteiger partial charge in [0.1, 0.15) is 0 Å². The molecule has 15 heavy (non-hydrogen) atoms. The van der Waals surface area contributed by atoms with E-state index in [1.54, 1.807) is 7.11 Å². The average molecular weight is 214 g/mol. The summed E-state index contributed by atoms with van der Waals surface area (Å²) in [6.45, 7) is 0.895. The summed E-state index contributed by atoms with van der Waals surface area (Å²) in [5, 5.41) is 6.08. The Morgan fingerprint density at radius 1 is 1.47 bits per heavy atom. The number of amides is 1. The van der Waals surface area contributed by atoms with Gasteiger partial charge in [-0.3, -0.25) is 4.79 Å². The Balaban J connectivity index is 2.19. The highest BCUT2D eigenvalue weighted by Crippen LogP contribution is 2.21. The van der Waals surface area contributed by atoms with Crippen molar-refractivity contribution in [3.05, 3.63) is 0 Å². The standard InChI is InChI=1S/C11H22N2O2/c1-12-8-4-7-11(14)13-9-5-3-6-10(9)15-2/h9-10,12H,3-8H2,1-2H3,(H,13,14). The molecular formula is C11H22N2O2. The Morgan fingerprint density at radius 2 is 2.27 bits per heavy atom. The minimum Gasteiger partial charge on any atom is -0.379 e. The minimum absolute atomic E-state index is 0.152. The van der Waals surface area contributed by atoms with Crippen molar-refractivity contribution in [3.8, 4) is 0 Å². The highest BCUT2D eigenvalue weighted by Gasteiger charge is 2.27. The van der Waals surface area contributed by atoms with E-state index in [0.717, 1.165) is 32.2 Å². The molecule has 4 heteroatoms. The van der Waals surface area contributed by atoms with E-state index in [2.05, 4.69) is 10.6 Å². The van der Waals surface area contributed by atoms with Crippen LogP contribution < -0.4 is 10.6 Å². The molecule has 0 aromatic carbocycles. The second kappa shape index (κ2) is 6.80. The lowest BCUT2D eigenvalue weighted by Gasteiger charge is -2.19. The van der Waals surface area contributed by atoms with Crippen molar-refractivity contribution < 1.29 is 9.53 Å². The predicted octanol–water partition coefficient (Wildman–Crippen LogP) is 0.670. The van der Waals surface area contributed by atoms with Crippen molar-refractivity contribution in [3.63, 3.8) is 0 Å². The molecule has 0 heterocycles. The summed E-state index contributed by atoms with van der Waals surface area (Å²) in [5.74, 6) is 0.152. The van der Waals surface area contributed by atoms with Crippen LogP contribution in [-0.4, -0.2) is 38.8 Å². The third kappa shape index (κ3) is 4.18. The molecule has 1 amide bonds. The molecule has 0 aromatic heterocycles. The van der Waals surface area contributed by atoms with Gasteiger partial charge in [-0.15, -0.1) is 0 Å². The summed E-state index contributed by atoms with van der Waals surface area (Å²) in [5.41, 5.74) is 0. The smallest absolute Gasteiger partial charge is 0.220 e. The molecule has 0 spiro atoms. The zero-order valence-electron chi connectivity index (χ0n) is 9.71. The first-order chi connectivity index (χ1) is 7.27. The van der Waals surface area contributed by atoms with E-state index >= 15 is 0 Å². The number of hydrogen-bond acceptors (Lipinski definition) is 3. The Kier molecular flexibility index (Phi) is 5.65. The average Bonchev–Trinajstić information content (AvgIpc) is 2.65. The van der Waals surface area contributed by atoms with Crippen molar-refractivity contribution in [2.75, 3.05) is 20.7 Å². The molecule has 2 atom stereocenters. The number of hydrogen-bond donors (Lipinski definition) is 2. The molecule has 1 aliphatic rings. The molecule has 2 unspecified atom stereocenters. The van der Waals surface area contributed by atoms with Crippen LogP contribution in [0.5, 0.6) is 0 Å². The van der Waals surface area contributed by atoms with Gasteiger partial charge in [0.2, 0.25) is 5.91 Å². The third-order valence-corrected chi connectivity index (χ3v) is 2.93. The first-order valence-electron chi connectivity index (χ1n) is 5.74.